The van der Waals surface area contributed by atoms with Gasteiger partial charge in [0.1, 0.15) is 5.60 Å². The molecule has 3 rings (SSSR count). The summed E-state index contributed by atoms with van der Waals surface area (Å²) in [5.41, 5.74) is -1.84. The zero-order chi connectivity index (χ0) is 19.9. The van der Waals surface area contributed by atoms with Crippen molar-refractivity contribution in [3.8, 4) is 0 Å². The first-order chi connectivity index (χ1) is 11.7. The minimum atomic E-state index is -1.48. The van der Waals surface area contributed by atoms with Crippen LogP contribution >= 0.6 is 0 Å². The fraction of sp³-hybridized carbons (Fsp3) is 0.700. The van der Waals surface area contributed by atoms with Crippen LogP contribution in [0, 0.1) is 10.8 Å². The fourth-order valence-electron chi connectivity index (χ4n) is 4.71. The minimum absolute atomic E-state index is 0.0652. The summed E-state index contributed by atoms with van der Waals surface area (Å²) in [4.78, 5) is 26.0. The van der Waals surface area contributed by atoms with E-state index >= 15 is 0 Å². The molecule has 3 aliphatic carbocycles. The molecule has 0 heterocycles. The van der Waals surface area contributed by atoms with Crippen LogP contribution in [0.25, 0.3) is 0 Å². The quantitative estimate of drug-likeness (QED) is 0.700. The van der Waals surface area contributed by atoms with E-state index in [1.807, 2.05) is 6.92 Å². The third-order valence-corrected chi connectivity index (χ3v) is 6.69. The Labute approximate surface area is 154 Å². The number of ketones is 1. The maximum atomic E-state index is 13.0. The Balaban J connectivity index is 2.08. The van der Waals surface area contributed by atoms with E-state index < -0.39 is 34.2 Å². The van der Waals surface area contributed by atoms with E-state index in [0.29, 0.717) is 11.1 Å². The molecule has 0 aliphatic heterocycles. The molecule has 1 fully saturated rings. The summed E-state index contributed by atoms with van der Waals surface area (Å²) in [5.74, 6) is -0.365. The van der Waals surface area contributed by atoms with Gasteiger partial charge in [-0.25, -0.2) is 4.79 Å². The monoisotopic (exact) mass is 363 g/mol. The number of carbonyl (C=O) groups excluding carboxylic acids is 1. The lowest BCUT2D eigenvalue weighted by molar-refractivity contribution is -0.138. The van der Waals surface area contributed by atoms with Gasteiger partial charge in [-0.05, 0) is 53.0 Å². The molecule has 1 saturated carbocycles. The molecule has 3 N–H and O–H groups in total. The predicted octanol–water partition coefficient (Wildman–Crippen LogP) is 2.50. The molecule has 26 heavy (non-hydrogen) atoms. The first-order valence-electron chi connectivity index (χ1n) is 9.09. The van der Waals surface area contributed by atoms with Gasteiger partial charge < -0.3 is 20.2 Å². The average molecular weight is 363 g/mol. The maximum absolute atomic E-state index is 13.0. The van der Waals surface area contributed by atoms with Crippen molar-refractivity contribution in [1.29, 1.82) is 0 Å². The lowest BCUT2D eigenvalue weighted by Gasteiger charge is -2.41. The molecule has 144 valence electrons. The summed E-state index contributed by atoms with van der Waals surface area (Å²) < 4.78 is 0. The largest absolute Gasteiger partial charge is 0.465 e. The van der Waals surface area contributed by atoms with Gasteiger partial charge in [-0.15, -0.1) is 0 Å². The van der Waals surface area contributed by atoms with Gasteiger partial charge in [0, 0.05) is 28.5 Å². The van der Waals surface area contributed by atoms with Crippen LogP contribution < -0.4 is 0 Å². The number of fused-ring (bicyclic) bond motifs is 1. The highest BCUT2D eigenvalue weighted by Crippen LogP contribution is 2.65. The van der Waals surface area contributed by atoms with Crippen molar-refractivity contribution in [1.82, 2.24) is 4.90 Å². The lowest BCUT2D eigenvalue weighted by atomic mass is 9.67. The highest BCUT2D eigenvalue weighted by atomic mass is 16.4. The molecular weight excluding hydrogens is 334 g/mol. The molecule has 0 saturated heterocycles. The molecule has 3 aliphatic rings. The predicted molar refractivity (Wildman–Crippen MR) is 96.7 cm³/mol. The van der Waals surface area contributed by atoms with Crippen molar-refractivity contribution in [3.05, 3.63) is 22.8 Å². The number of carbonyl (C=O) groups is 2. The van der Waals surface area contributed by atoms with E-state index in [-0.39, 0.29) is 12.3 Å². The summed E-state index contributed by atoms with van der Waals surface area (Å²) in [7, 11) is 0. The molecule has 0 radical (unpaired) electrons. The summed E-state index contributed by atoms with van der Waals surface area (Å²) >= 11 is 0. The number of aliphatic hydroxyl groups excluding tert-OH is 1. The first-order valence-corrected chi connectivity index (χ1v) is 9.09. The third-order valence-electron chi connectivity index (χ3n) is 6.69. The van der Waals surface area contributed by atoms with Crippen LogP contribution in [0.15, 0.2) is 22.8 Å². The van der Waals surface area contributed by atoms with Gasteiger partial charge in [0.05, 0.1) is 6.10 Å². The molecule has 0 aromatic heterocycles. The van der Waals surface area contributed by atoms with Gasteiger partial charge in [-0.2, -0.15) is 0 Å². The number of carboxylic acid groups (broad SMARTS) is 1. The Morgan fingerprint density at radius 1 is 1.31 bits per heavy atom. The SMILES string of the molecule is CC1=C2C(=C[C@@](C)(CN(C(=O)O)C(C)(C)C)[C@@H]2O)C(=O)[C@](C)(O)C12CC2. The van der Waals surface area contributed by atoms with E-state index in [1.54, 1.807) is 40.7 Å². The lowest BCUT2D eigenvalue weighted by Crippen LogP contribution is -2.52. The molecule has 3 atom stereocenters. The average Bonchev–Trinajstić information content (AvgIpc) is 3.26. The van der Waals surface area contributed by atoms with E-state index in [9.17, 15) is 24.9 Å². The van der Waals surface area contributed by atoms with Crippen molar-refractivity contribution in [2.24, 2.45) is 10.8 Å². The van der Waals surface area contributed by atoms with E-state index in [0.717, 1.165) is 18.4 Å². The number of aliphatic hydroxyl groups is 2. The van der Waals surface area contributed by atoms with Gasteiger partial charge in [0.2, 0.25) is 0 Å². The van der Waals surface area contributed by atoms with Crippen LogP contribution in [0.3, 0.4) is 0 Å². The number of Topliss-reactive ketones (excluding diaryl/α,β-unsaturated/α-hetero) is 1. The van der Waals surface area contributed by atoms with Gasteiger partial charge in [-0.1, -0.05) is 18.6 Å². The standard InChI is InChI=1S/C20H29NO5/c1-11-13-12(14(22)19(6,26)20(11)7-8-20)9-18(5,15(13)23)10-21(16(24)25)17(2,3)4/h9,15,23,26H,7-8,10H2,1-6H3,(H,24,25)/t15-,18+,19+/m1/s1. The van der Waals surface area contributed by atoms with Crippen molar-refractivity contribution in [3.63, 3.8) is 0 Å². The van der Waals surface area contributed by atoms with Crippen LogP contribution in [0.1, 0.15) is 54.4 Å². The van der Waals surface area contributed by atoms with Gasteiger partial charge >= 0.3 is 6.09 Å². The van der Waals surface area contributed by atoms with Crippen LogP contribution in [0.2, 0.25) is 0 Å². The summed E-state index contributed by atoms with van der Waals surface area (Å²) in [6, 6.07) is 0. The Hall–Kier alpha value is -1.66. The first kappa shape index (κ1) is 19.1. The molecule has 1 spiro atoms. The smallest absolute Gasteiger partial charge is 0.407 e. The summed E-state index contributed by atoms with van der Waals surface area (Å²) in [6.45, 7) is 10.7. The molecule has 0 bridgehead atoms. The Kier molecular flexibility index (Phi) is 3.82. The number of nitrogens with zero attached hydrogens (tertiary/aromatic N) is 1. The van der Waals surface area contributed by atoms with E-state index in [1.165, 1.54) is 4.90 Å². The normalized spacial score (nSPS) is 35.5. The van der Waals surface area contributed by atoms with Crippen LogP contribution in [-0.2, 0) is 4.79 Å². The molecular formula is C20H29NO5. The number of amides is 1. The second-order valence-corrected chi connectivity index (χ2v) is 9.53. The molecule has 0 aromatic carbocycles. The molecule has 6 heteroatoms. The van der Waals surface area contributed by atoms with Gasteiger partial charge in [0.25, 0.3) is 0 Å². The van der Waals surface area contributed by atoms with E-state index in [4.69, 9.17) is 0 Å². The van der Waals surface area contributed by atoms with Crippen LogP contribution in [-0.4, -0.2) is 55.9 Å². The Bertz CT molecular complexity index is 751. The Morgan fingerprint density at radius 2 is 1.85 bits per heavy atom. The topological polar surface area (TPSA) is 98.1 Å². The number of hydrogen-bond acceptors (Lipinski definition) is 4. The molecule has 0 unspecified atom stereocenters. The molecule has 0 aromatic rings. The highest BCUT2D eigenvalue weighted by molar-refractivity contribution is 6.09. The van der Waals surface area contributed by atoms with Crippen LogP contribution in [0.5, 0.6) is 0 Å². The van der Waals surface area contributed by atoms with Crippen LogP contribution in [0.4, 0.5) is 4.79 Å². The zero-order valence-electron chi connectivity index (χ0n) is 16.4. The van der Waals surface area contributed by atoms with Crippen molar-refractivity contribution in [2.75, 3.05) is 6.54 Å². The second-order valence-electron chi connectivity index (χ2n) is 9.53. The van der Waals surface area contributed by atoms with E-state index in [2.05, 4.69) is 0 Å². The summed E-state index contributed by atoms with van der Waals surface area (Å²) in [6.07, 6.45) is 1.08. The maximum Gasteiger partial charge on any atom is 0.407 e. The molecule has 6 nitrogen and oxygen atoms in total. The second kappa shape index (κ2) is 5.20. The fourth-order valence-corrected chi connectivity index (χ4v) is 4.71. The van der Waals surface area contributed by atoms with Crippen molar-refractivity contribution >= 4 is 11.9 Å². The van der Waals surface area contributed by atoms with Gasteiger partial charge in [-0.3, -0.25) is 4.79 Å². The summed E-state index contributed by atoms with van der Waals surface area (Å²) in [5, 5.41) is 31.6. The Morgan fingerprint density at radius 3 is 2.27 bits per heavy atom. The number of hydrogen-bond donors (Lipinski definition) is 3. The van der Waals surface area contributed by atoms with Gasteiger partial charge in [0.15, 0.2) is 5.78 Å². The molecule has 1 amide bonds. The van der Waals surface area contributed by atoms with Crippen molar-refractivity contribution in [2.45, 2.75) is 71.6 Å². The van der Waals surface area contributed by atoms with Crippen molar-refractivity contribution < 1.29 is 24.9 Å². The zero-order valence-corrected chi connectivity index (χ0v) is 16.4. The number of rotatable bonds is 2. The highest BCUT2D eigenvalue weighted by Gasteiger charge is 2.66. The minimum Gasteiger partial charge on any atom is -0.465 e. The third kappa shape index (κ3) is 2.31.